The van der Waals surface area contributed by atoms with Gasteiger partial charge in [0.1, 0.15) is 0 Å². The van der Waals surface area contributed by atoms with E-state index in [-0.39, 0.29) is 20.3 Å². The molecule has 106 valence electrons. The summed E-state index contributed by atoms with van der Waals surface area (Å²) in [6.45, 7) is 0. The molecule has 0 radical (unpaired) electrons. The van der Waals surface area contributed by atoms with Crippen LogP contribution in [0.1, 0.15) is 5.69 Å². The van der Waals surface area contributed by atoms with Crippen LogP contribution in [0.4, 0.5) is 0 Å². The van der Waals surface area contributed by atoms with E-state index in [0.29, 0.717) is 0 Å². The Morgan fingerprint density at radius 2 is 1.19 bits per heavy atom. The zero-order valence-corrected chi connectivity index (χ0v) is 13.3. The average Bonchev–Trinajstić information content (AvgIpc) is 2.55. The fraction of sp³-hybridized carbons (Fsp3) is 0.0556. The third-order valence-corrected chi connectivity index (χ3v) is 5.67. The van der Waals surface area contributed by atoms with E-state index in [1.54, 1.807) is 0 Å². The van der Waals surface area contributed by atoms with E-state index in [1.165, 1.54) is 10.6 Å². The molecule has 3 rings (SSSR count). The van der Waals surface area contributed by atoms with Gasteiger partial charge in [0.05, 0.1) is 0 Å². The monoisotopic (exact) mass is 313 g/mol. The molecule has 21 heavy (non-hydrogen) atoms. The van der Waals surface area contributed by atoms with Crippen molar-refractivity contribution in [3.8, 4) is 0 Å². The first-order chi connectivity index (χ1) is 9.93. The number of pyridine rings is 1. The lowest BCUT2D eigenvalue weighted by Gasteiger charge is -2.18. The van der Waals surface area contributed by atoms with Crippen LogP contribution in [0.5, 0.6) is 0 Å². The maximum Gasteiger partial charge on any atom is 0.0452 e. The average molecular weight is 314 g/mol. The lowest BCUT2D eigenvalue weighted by molar-refractivity contribution is 1.17. The van der Waals surface area contributed by atoms with E-state index >= 15 is 0 Å². The molecule has 0 unspecified atom stereocenters. The molecule has 0 aliphatic carbocycles. The van der Waals surface area contributed by atoms with Crippen molar-refractivity contribution in [2.24, 2.45) is 0 Å². The maximum absolute atomic E-state index is 4.49. The fourth-order valence-electron chi connectivity index (χ4n) is 2.20. The number of aromatic nitrogens is 1. The van der Waals surface area contributed by atoms with Crippen molar-refractivity contribution in [2.75, 3.05) is 0 Å². The number of halogens is 1. The van der Waals surface area contributed by atoms with Gasteiger partial charge in [-0.1, -0.05) is 66.7 Å². The van der Waals surface area contributed by atoms with Gasteiger partial charge in [0.15, 0.2) is 0 Å². The summed E-state index contributed by atoms with van der Waals surface area (Å²) in [6.07, 6.45) is 2.86. The molecule has 0 aliphatic rings. The minimum atomic E-state index is -0.390. The van der Waals surface area contributed by atoms with Crippen molar-refractivity contribution in [2.45, 2.75) is 6.16 Å². The van der Waals surface area contributed by atoms with Gasteiger partial charge in [0.2, 0.25) is 0 Å². The highest BCUT2D eigenvalue weighted by Crippen LogP contribution is 2.36. The highest BCUT2D eigenvalue weighted by atomic mass is 35.5. The van der Waals surface area contributed by atoms with Gasteiger partial charge in [-0.25, -0.2) is 0 Å². The van der Waals surface area contributed by atoms with E-state index < -0.39 is 0 Å². The van der Waals surface area contributed by atoms with Gasteiger partial charge >= 0.3 is 0 Å². The highest BCUT2D eigenvalue weighted by molar-refractivity contribution is 7.72. The molecule has 2 aromatic carbocycles. The molecule has 0 spiro atoms. The van der Waals surface area contributed by atoms with Crippen LogP contribution in [0.3, 0.4) is 0 Å². The number of nitrogens with zero attached hydrogens (tertiary/aromatic N) is 1. The SMILES string of the molecule is Cl.c1ccc(P(Cc2ccccn2)c2ccccc2)cc1. The molecule has 0 fully saturated rings. The van der Waals surface area contributed by atoms with Crippen LogP contribution >= 0.6 is 20.3 Å². The molecule has 0 saturated heterocycles. The molecule has 1 aromatic heterocycles. The second-order valence-corrected chi connectivity index (χ2v) is 6.78. The first-order valence-corrected chi connectivity index (χ1v) is 8.24. The van der Waals surface area contributed by atoms with Crippen LogP contribution in [-0.2, 0) is 6.16 Å². The summed E-state index contributed by atoms with van der Waals surface area (Å²) in [4.78, 5) is 4.49. The Labute approximate surface area is 133 Å². The van der Waals surface area contributed by atoms with Gasteiger partial charge < -0.3 is 0 Å². The van der Waals surface area contributed by atoms with Crippen molar-refractivity contribution in [1.29, 1.82) is 0 Å². The van der Waals surface area contributed by atoms with E-state index in [9.17, 15) is 0 Å². The van der Waals surface area contributed by atoms with E-state index in [4.69, 9.17) is 0 Å². The summed E-state index contributed by atoms with van der Waals surface area (Å²) in [7, 11) is -0.390. The van der Waals surface area contributed by atoms with Crippen LogP contribution in [0.2, 0.25) is 0 Å². The summed E-state index contributed by atoms with van der Waals surface area (Å²) >= 11 is 0. The minimum absolute atomic E-state index is 0. The molecule has 0 N–H and O–H groups in total. The summed E-state index contributed by atoms with van der Waals surface area (Å²) in [6, 6.07) is 27.7. The Bertz CT molecular complexity index is 604. The Morgan fingerprint density at radius 1 is 0.667 bits per heavy atom. The third kappa shape index (κ3) is 4.14. The van der Waals surface area contributed by atoms with Gasteiger partial charge in [-0.3, -0.25) is 4.98 Å². The summed E-state index contributed by atoms with van der Waals surface area (Å²) < 4.78 is 0. The number of rotatable bonds is 4. The van der Waals surface area contributed by atoms with Crippen LogP contribution in [0.15, 0.2) is 85.1 Å². The predicted molar refractivity (Wildman–Crippen MR) is 94.3 cm³/mol. The molecule has 1 heterocycles. The molecule has 0 aliphatic heterocycles. The maximum atomic E-state index is 4.49. The zero-order chi connectivity index (χ0) is 13.6. The van der Waals surface area contributed by atoms with Crippen molar-refractivity contribution < 1.29 is 0 Å². The van der Waals surface area contributed by atoms with Crippen LogP contribution in [0, 0.1) is 0 Å². The smallest absolute Gasteiger partial charge is 0.0452 e. The van der Waals surface area contributed by atoms with E-state index in [2.05, 4.69) is 77.8 Å². The molecule has 3 heteroatoms. The van der Waals surface area contributed by atoms with Gasteiger partial charge in [-0.15, -0.1) is 12.4 Å². The summed E-state index contributed by atoms with van der Waals surface area (Å²) in [5, 5.41) is 2.80. The van der Waals surface area contributed by atoms with Crippen LogP contribution in [0.25, 0.3) is 0 Å². The Morgan fingerprint density at radius 3 is 1.67 bits per heavy atom. The van der Waals surface area contributed by atoms with Crippen molar-refractivity contribution in [1.82, 2.24) is 4.98 Å². The lowest BCUT2D eigenvalue weighted by atomic mass is 10.4. The first-order valence-electron chi connectivity index (χ1n) is 6.71. The number of hydrogen-bond donors (Lipinski definition) is 0. The summed E-state index contributed by atoms with van der Waals surface area (Å²) in [5.41, 5.74) is 1.16. The van der Waals surface area contributed by atoms with Crippen LogP contribution < -0.4 is 10.6 Å². The third-order valence-electron chi connectivity index (χ3n) is 3.18. The minimum Gasteiger partial charge on any atom is -0.261 e. The second kappa shape index (κ2) is 7.93. The van der Waals surface area contributed by atoms with Gasteiger partial charge in [0.25, 0.3) is 0 Å². The van der Waals surface area contributed by atoms with Crippen molar-refractivity contribution in [3.05, 3.63) is 90.8 Å². The topological polar surface area (TPSA) is 12.9 Å². The molecule has 1 nitrogen and oxygen atoms in total. The molecule has 3 aromatic rings. The highest BCUT2D eigenvalue weighted by Gasteiger charge is 2.14. The molecule has 0 amide bonds. The summed E-state index contributed by atoms with van der Waals surface area (Å²) in [5.74, 6) is 0. The van der Waals surface area contributed by atoms with Crippen molar-refractivity contribution >= 4 is 30.9 Å². The Kier molecular flexibility index (Phi) is 5.92. The molecule has 0 saturated carbocycles. The Balaban J connectivity index is 0.00000161. The van der Waals surface area contributed by atoms with Gasteiger partial charge in [0, 0.05) is 18.1 Å². The van der Waals surface area contributed by atoms with Crippen molar-refractivity contribution in [3.63, 3.8) is 0 Å². The second-order valence-electron chi connectivity index (χ2n) is 4.58. The van der Waals surface area contributed by atoms with E-state index in [0.717, 1.165) is 11.9 Å². The van der Waals surface area contributed by atoms with Gasteiger partial charge in [-0.05, 0) is 30.7 Å². The largest absolute Gasteiger partial charge is 0.261 e. The van der Waals surface area contributed by atoms with Crippen LogP contribution in [-0.4, -0.2) is 4.98 Å². The lowest BCUT2D eigenvalue weighted by Crippen LogP contribution is -2.13. The number of hydrogen-bond acceptors (Lipinski definition) is 1. The normalized spacial score (nSPS) is 10.1. The quantitative estimate of drug-likeness (QED) is 0.660. The van der Waals surface area contributed by atoms with Gasteiger partial charge in [-0.2, -0.15) is 0 Å². The Hall–Kier alpha value is -1.69. The number of benzene rings is 2. The predicted octanol–water partition coefficient (Wildman–Crippen LogP) is 4.14. The zero-order valence-electron chi connectivity index (χ0n) is 11.6. The molecular formula is C18H17ClNP. The molecule has 0 bridgehead atoms. The standard InChI is InChI=1S/C18H16NP.ClH/c1-3-10-17(11-4-1)20(18-12-5-2-6-13-18)15-16-9-7-8-14-19-16;/h1-14H,15H2;1H. The first kappa shape index (κ1) is 15.7. The molecule has 0 atom stereocenters. The fourth-order valence-corrected chi connectivity index (χ4v) is 4.44. The van der Waals surface area contributed by atoms with E-state index in [1.807, 2.05) is 12.3 Å². The molecular weight excluding hydrogens is 297 g/mol.